The van der Waals surface area contributed by atoms with Crippen LogP contribution in [0.5, 0.6) is 5.75 Å². The molecule has 180 valence electrons. The number of carbonyl (C=O) groups is 1. The molecule has 2 aromatic carbocycles. The maximum atomic E-state index is 13.0. The Morgan fingerprint density at radius 2 is 1.85 bits per heavy atom. The Morgan fingerprint density at radius 1 is 1.12 bits per heavy atom. The smallest absolute Gasteiger partial charge is 0.416 e. The number of halogens is 3. The molecule has 1 aliphatic heterocycles. The van der Waals surface area contributed by atoms with Gasteiger partial charge in [0.1, 0.15) is 5.75 Å². The highest BCUT2D eigenvalue weighted by molar-refractivity contribution is 5.91. The number of piperazine rings is 1. The first-order valence-corrected chi connectivity index (χ1v) is 10.7. The summed E-state index contributed by atoms with van der Waals surface area (Å²) in [4.78, 5) is 20.8. The summed E-state index contributed by atoms with van der Waals surface area (Å²) in [6.45, 7) is 4.00. The van der Waals surface area contributed by atoms with Gasteiger partial charge in [-0.1, -0.05) is 29.4 Å². The fraction of sp³-hybridized carbons (Fsp3) is 0.348. The largest absolute Gasteiger partial charge is 0.495 e. The Balaban J connectivity index is 1.36. The molecule has 34 heavy (non-hydrogen) atoms. The summed E-state index contributed by atoms with van der Waals surface area (Å²) >= 11 is 0. The van der Waals surface area contributed by atoms with E-state index in [-0.39, 0.29) is 23.5 Å². The van der Waals surface area contributed by atoms with Gasteiger partial charge in [0, 0.05) is 31.7 Å². The van der Waals surface area contributed by atoms with Gasteiger partial charge in [0.2, 0.25) is 11.7 Å². The van der Waals surface area contributed by atoms with Crippen molar-refractivity contribution in [3.63, 3.8) is 0 Å². The van der Waals surface area contributed by atoms with Gasteiger partial charge in [-0.2, -0.15) is 18.2 Å². The van der Waals surface area contributed by atoms with E-state index < -0.39 is 11.7 Å². The Bertz CT molecular complexity index is 1140. The summed E-state index contributed by atoms with van der Waals surface area (Å²) in [7, 11) is 1.54. The number of hydrogen-bond acceptors (Lipinski definition) is 6. The fourth-order valence-corrected chi connectivity index (χ4v) is 3.77. The molecule has 2 heterocycles. The lowest BCUT2D eigenvalue weighted by Gasteiger charge is -2.36. The van der Waals surface area contributed by atoms with Crippen molar-refractivity contribution >= 4 is 11.7 Å². The van der Waals surface area contributed by atoms with Crippen LogP contribution in [0.2, 0.25) is 0 Å². The molecule has 0 saturated carbocycles. The van der Waals surface area contributed by atoms with E-state index in [1.54, 1.807) is 24.1 Å². The third-order valence-electron chi connectivity index (χ3n) is 5.74. The van der Waals surface area contributed by atoms with Crippen molar-refractivity contribution in [3.8, 4) is 17.1 Å². The molecule has 4 rings (SSSR count). The molecule has 11 heteroatoms. The number of benzene rings is 2. The van der Waals surface area contributed by atoms with Gasteiger partial charge < -0.3 is 19.5 Å². The second-order valence-electron chi connectivity index (χ2n) is 7.86. The van der Waals surface area contributed by atoms with Crippen LogP contribution in [0.3, 0.4) is 0 Å². The van der Waals surface area contributed by atoms with Crippen LogP contribution >= 0.6 is 0 Å². The highest BCUT2D eigenvalue weighted by atomic mass is 19.4. The van der Waals surface area contributed by atoms with Crippen LogP contribution in [-0.4, -0.2) is 59.3 Å². The van der Waals surface area contributed by atoms with E-state index in [1.165, 1.54) is 12.1 Å². The van der Waals surface area contributed by atoms with Crippen molar-refractivity contribution in [2.75, 3.05) is 38.6 Å². The topological polar surface area (TPSA) is 83.7 Å². The average Bonchev–Trinajstić information content (AvgIpc) is 3.34. The third-order valence-corrected chi connectivity index (χ3v) is 5.74. The van der Waals surface area contributed by atoms with Crippen LogP contribution in [0.25, 0.3) is 11.4 Å². The molecule has 0 spiro atoms. The van der Waals surface area contributed by atoms with E-state index in [1.807, 2.05) is 19.1 Å². The predicted octanol–water partition coefficient (Wildman–Crippen LogP) is 4.67. The first-order chi connectivity index (χ1) is 16.3. The molecule has 2 amide bonds. The number of para-hydroxylation sites is 2. The SMILES string of the molecule is COc1ccccc1NC(=O)N1CCN([C@H](C)c2nc(-c3cccc(C(F)(F)F)c3)no2)CC1. The molecule has 8 nitrogen and oxygen atoms in total. The summed E-state index contributed by atoms with van der Waals surface area (Å²) in [6, 6.07) is 11.5. The molecule has 0 aliphatic carbocycles. The average molecular weight is 475 g/mol. The molecule has 1 aliphatic rings. The normalized spacial score (nSPS) is 15.7. The number of ether oxygens (including phenoxy) is 1. The maximum Gasteiger partial charge on any atom is 0.416 e. The number of hydrogen-bond donors (Lipinski definition) is 1. The minimum Gasteiger partial charge on any atom is -0.495 e. The Morgan fingerprint density at radius 3 is 2.56 bits per heavy atom. The number of nitrogens with zero attached hydrogens (tertiary/aromatic N) is 4. The van der Waals surface area contributed by atoms with Gasteiger partial charge in [-0.05, 0) is 31.2 Å². The summed E-state index contributed by atoms with van der Waals surface area (Å²) in [6.07, 6.45) is -4.45. The maximum absolute atomic E-state index is 13.0. The van der Waals surface area contributed by atoms with E-state index in [0.29, 0.717) is 43.5 Å². The highest BCUT2D eigenvalue weighted by Crippen LogP contribution is 2.32. The second kappa shape index (κ2) is 9.72. The number of urea groups is 1. The van der Waals surface area contributed by atoms with Gasteiger partial charge in [-0.15, -0.1) is 0 Å². The minimum atomic E-state index is -4.45. The van der Waals surface area contributed by atoms with Crippen LogP contribution in [0.1, 0.15) is 24.4 Å². The summed E-state index contributed by atoms with van der Waals surface area (Å²) < 4.78 is 49.6. The summed E-state index contributed by atoms with van der Waals surface area (Å²) in [5.41, 5.74) is 0.0561. The molecule has 3 aromatic rings. The molecule has 0 radical (unpaired) electrons. The van der Waals surface area contributed by atoms with Crippen molar-refractivity contribution in [2.45, 2.75) is 19.1 Å². The number of carbonyl (C=O) groups excluding carboxylic acids is 1. The molecule has 1 fully saturated rings. The lowest BCUT2D eigenvalue weighted by molar-refractivity contribution is -0.137. The van der Waals surface area contributed by atoms with E-state index in [0.717, 1.165) is 12.1 Å². The first kappa shape index (κ1) is 23.6. The van der Waals surface area contributed by atoms with Crippen molar-refractivity contribution in [1.29, 1.82) is 0 Å². The second-order valence-corrected chi connectivity index (χ2v) is 7.86. The monoisotopic (exact) mass is 475 g/mol. The number of anilines is 1. The van der Waals surface area contributed by atoms with E-state index in [4.69, 9.17) is 9.26 Å². The van der Waals surface area contributed by atoms with Gasteiger partial charge in [0.15, 0.2) is 0 Å². The molecular weight excluding hydrogens is 451 g/mol. The lowest BCUT2D eigenvalue weighted by Crippen LogP contribution is -2.50. The molecule has 1 aromatic heterocycles. The van der Waals surface area contributed by atoms with Crippen molar-refractivity contribution in [2.24, 2.45) is 0 Å². The highest BCUT2D eigenvalue weighted by Gasteiger charge is 2.31. The molecule has 1 atom stereocenters. The van der Waals surface area contributed by atoms with Gasteiger partial charge in [0.25, 0.3) is 0 Å². The lowest BCUT2D eigenvalue weighted by atomic mass is 10.1. The van der Waals surface area contributed by atoms with Crippen LogP contribution < -0.4 is 10.1 Å². The quantitative estimate of drug-likeness (QED) is 0.577. The summed E-state index contributed by atoms with van der Waals surface area (Å²) in [5.74, 6) is 0.984. The van der Waals surface area contributed by atoms with Crippen molar-refractivity contribution < 1.29 is 27.2 Å². The van der Waals surface area contributed by atoms with E-state index in [9.17, 15) is 18.0 Å². The zero-order valence-electron chi connectivity index (χ0n) is 18.7. The van der Waals surface area contributed by atoms with Gasteiger partial charge >= 0.3 is 12.2 Å². The Kier molecular flexibility index (Phi) is 6.73. The number of amides is 2. The number of alkyl halides is 3. The number of rotatable bonds is 5. The minimum absolute atomic E-state index is 0.0998. The van der Waals surface area contributed by atoms with E-state index >= 15 is 0 Å². The molecule has 0 unspecified atom stereocenters. The van der Waals surface area contributed by atoms with Crippen LogP contribution in [0.4, 0.5) is 23.7 Å². The standard InChI is InChI=1S/C23H24F3N5O3/c1-15(21-28-20(29-34-21)16-6-5-7-17(14-16)23(24,25)26)30-10-12-31(13-11-30)22(32)27-18-8-3-4-9-19(18)33-2/h3-9,14-15H,10-13H2,1-2H3,(H,27,32)/t15-/m1/s1. The third kappa shape index (κ3) is 5.14. The number of aromatic nitrogens is 2. The van der Waals surface area contributed by atoms with Crippen molar-refractivity contribution in [3.05, 3.63) is 60.0 Å². The van der Waals surface area contributed by atoms with Crippen LogP contribution in [0, 0.1) is 0 Å². The fourth-order valence-electron chi connectivity index (χ4n) is 3.77. The molecule has 0 bridgehead atoms. The zero-order valence-corrected chi connectivity index (χ0v) is 18.7. The Hall–Kier alpha value is -3.60. The van der Waals surface area contributed by atoms with Gasteiger partial charge in [-0.25, -0.2) is 4.79 Å². The van der Waals surface area contributed by atoms with Gasteiger partial charge in [-0.3, -0.25) is 4.90 Å². The molecular formula is C23H24F3N5O3. The van der Waals surface area contributed by atoms with Crippen molar-refractivity contribution in [1.82, 2.24) is 19.9 Å². The number of methoxy groups -OCH3 is 1. The zero-order chi connectivity index (χ0) is 24.3. The first-order valence-electron chi connectivity index (χ1n) is 10.7. The predicted molar refractivity (Wildman–Crippen MR) is 118 cm³/mol. The molecule has 1 N–H and O–H groups in total. The summed E-state index contributed by atoms with van der Waals surface area (Å²) in [5, 5.41) is 6.73. The van der Waals surface area contributed by atoms with E-state index in [2.05, 4.69) is 20.4 Å². The number of nitrogens with one attached hydrogen (secondary N) is 1. The Labute approximate surface area is 194 Å². The van der Waals surface area contributed by atoms with Crippen LogP contribution in [-0.2, 0) is 6.18 Å². The van der Waals surface area contributed by atoms with Gasteiger partial charge in [0.05, 0.1) is 24.4 Å². The molecule has 1 saturated heterocycles. The van der Waals surface area contributed by atoms with Crippen LogP contribution in [0.15, 0.2) is 53.1 Å².